The van der Waals surface area contributed by atoms with Gasteiger partial charge in [0.15, 0.2) is 5.96 Å². The highest BCUT2D eigenvalue weighted by Crippen LogP contribution is 2.40. The molecule has 3 unspecified atom stereocenters. The third-order valence-electron chi connectivity index (χ3n) is 5.64. The van der Waals surface area contributed by atoms with Crippen LogP contribution < -0.4 is 10.6 Å². The lowest BCUT2D eigenvalue weighted by atomic mass is 9.81. The fourth-order valence-electron chi connectivity index (χ4n) is 4.03. The van der Waals surface area contributed by atoms with Crippen LogP contribution in [0.1, 0.15) is 58.2 Å². The van der Waals surface area contributed by atoms with Crippen molar-refractivity contribution < 1.29 is 18.3 Å². The summed E-state index contributed by atoms with van der Waals surface area (Å²) in [7, 11) is 1.43. The molecular formula is C20H34F3N5O. The van der Waals surface area contributed by atoms with Crippen molar-refractivity contribution in [1.82, 2.24) is 20.2 Å². The molecule has 0 spiro atoms. The van der Waals surface area contributed by atoms with Crippen molar-refractivity contribution in [3.63, 3.8) is 0 Å². The number of nitrogens with one attached hydrogen (secondary N) is 2. The number of aryl methyl sites for hydroxylation is 1. The molecule has 0 amide bonds. The summed E-state index contributed by atoms with van der Waals surface area (Å²) in [6.45, 7) is 5.34. The van der Waals surface area contributed by atoms with E-state index in [2.05, 4.69) is 27.5 Å². The molecule has 1 saturated carbocycles. The van der Waals surface area contributed by atoms with Crippen LogP contribution in [0.25, 0.3) is 0 Å². The number of imidazole rings is 1. The molecule has 0 bridgehead atoms. The fraction of sp³-hybridized carbons (Fsp3) is 0.800. The van der Waals surface area contributed by atoms with E-state index in [1.165, 1.54) is 49.7 Å². The first-order chi connectivity index (χ1) is 13.7. The molecule has 166 valence electrons. The van der Waals surface area contributed by atoms with Gasteiger partial charge in [0.2, 0.25) is 5.60 Å². The summed E-state index contributed by atoms with van der Waals surface area (Å²) in [6, 6.07) is 0. The molecule has 6 nitrogen and oxygen atoms in total. The molecule has 0 aliphatic heterocycles. The van der Waals surface area contributed by atoms with Gasteiger partial charge in [-0.1, -0.05) is 26.2 Å². The van der Waals surface area contributed by atoms with Crippen LogP contribution in [0.4, 0.5) is 13.2 Å². The van der Waals surface area contributed by atoms with E-state index >= 15 is 0 Å². The Morgan fingerprint density at radius 1 is 1.34 bits per heavy atom. The van der Waals surface area contributed by atoms with E-state index in [4.69, 9.17) is 0 Å². The van der Waals surface area contributed by atoms with Crippen molar-refractivity contribution >= 4 is 5.96 Å². The molecule has 2 rings (SSSR count). The minimum atomic E-state index is -4.83. The fourth-order valence-corrected chi connectivity index (χ4v) is 4.03. The Labute approximate surface area is 171 Å². The molecule has 1 aliphatic carbocycles. The molecule has 0 radical (unpaired) electrons. The van der Waals surface area contributed by atoms with Gasteiger partial charge in [0.1, 0.15) is 5.82 Å². The van der Waals surface area contributed by atoms with Crippen LogP contribution in [0.15, 0.2) is 17.4 Å². The van der Waals surface area contributed by atoms with Gasteiger partial charge in [-0.25, -0.2) is 4.98 Å². The zero-order valence-corrected chi connectivity index (χ0v) is 17.6. The summed E-state index contributed by atoms with van der Waals surface area (Å²) in [6.07, 6.45) is 3.23. The highest BCUT2D eigenvalue weighted by Gasteiger charge is 2.57. The summed E-state index contributed by atoms with van der Waals surface area (Å²) >= 11 is 0. The van der Waals surface area contributed by atoms with Gasteiger partial charge in [-0.05, 0) is 31.6 Å². The summed E-state index contributed by atoms with van der Waals surface area (Å²) in [4.78, 5) is 8.22. The lowest BCUT2D eigenvalue weighted by molar-refractivity contribution is -0.272. The molecule has 29 heavy (non-hydrogen) atoms. The Morgan fingerprint density at radius 3 is 2.69 bits per heavy atom. The number of hydrogen-bond donors (Lipinski definition) is 3. The Morgan fingerprint density at radius 2 is 2.10 bits per heavy atom. The quantitative estimate of drug-likeness (QED) is 0.448. The average molecular weight is 418 g/mol. The maximum Gasteiger partial charge on any atom is 0.424 e. The highest BCUT2D eigenvalue weighted by atomic mass is 19.4. The van der Waals surface area contributed by atoms with Crippen LogP contribution in [0.2, 0.25) is 0 Å². The molecular weight excluding hydrogens is 383 g/mol. The lowest BCUT2D eigenvalue weighted by Crippen LogP contribution is -2.48. The van der Waals surface area contributed by atoms with Gasteiger partial charge < -0.3 is 20.3 Å². The maximum absolute atomic E-state index is 13.6. The van der Waals surface area contributed by atoms with Crippen LogP contribution in [-0.4, -0.2) is 46.4 Å². The van der Waals surface area contributed by atoms with Gasteiger partial charge in [-0.15, -0.1) is 0 Å². The van der Waals surface area contributed by atoms with Crippen LogP contribution in [-0.2, 0) is 12.6 Å². The third-order valence-corrected chi connectivity index (χ3v) is 5.64. The predicted octanol–water partition coefficient (Wildman–Crippen LogP) is 3.33. The highest BCUT2D eigenvalue weighted by molar-refractivity contribution is 5.79. The van der Waals surface area contributed by atoms with Gasteiger partial charge in [0.25, 0.3) is 0 Å². The second kappa shape index (κ2) is 10.3. The van der Waals surface area contributed by atoms with Gasteiger partial charge in [-0.2, -0.15) is 13.2 Å². The van der Waals surface area contributed by atoms with E-state index in [0.29, 0.717) is 25.0 Å². The first-order valence-electron chi connectivity index (χ1n) is 10.5. The van der Waals surface area contributed by atoms with Gasteiger partial charge in [0, 0.05) is 45.5 Å². The molecule has 1 aliphatic rings. The number of halogens is 3. The van der Waals surface area contributed by atoms with E-state index in [1.807, 2.05) is 6.92 Å². The molecule has 1 fully saturated rings. The molecule has 0 saturated heterocycles. The second-order valence-corrected chi connectivity index (χ2v) is 8.08. The topological polar surface area (TPSA) is 74.5 Å². The SMILES string of the molecule is CCNC(=NCCC1CCCC(C)C1)NCCC(O)(c1nccn1C)C(F)(F)F. The lowest BCUT2D eigenvalue weighted by Gasteiger charge is -2.30. The molecule has 1 aromatic heterocycles. The van der Waals surface area contributed by atoms with Crippen LogP contribution in [0.5, 0.6) is 0 Å². The summed E-state index contributed by atoms with van der Waals surface area (Å²) in [5.74, 6) is 1.49. The summed E-state index contributed by atoms with van der Waals surface area (Å²) in [5, 5.41) is 16.4. The molecule has 1 heterocycles. The number of aromatic nitrogens is 2. The Balaban J connectivity index is 1.93. The number of nitrogens with zero attached hydrogens (tertiary/aromatic N) is 3. The van der Waals surface area contributed by atoms with E-state index < -0.39 is 24.0 Å². The van der Waals surface area contributed by atoms with E-state index in [0.717, 1.165) is 12.3 Å². The third kappa shape index (κ3) is 6.35. The van der Waals surface area contributed by atoms with Crippen LogP contribution >= 0.6 is 0 Å². The van der Waals surface area contributed by atoms with Crippen LogP contribution in [0.3, 0.4) is 0 Å². The monoisotopic (exact) mass is 417 g/mol. The predicted molar refractivity (Wildman–Crippen MR) is 107 cm³/mol. The van der Waals surface area contributed by atoms with E-state index in [1.54, 1.807) is 0 Å². The van der Waals surface area contributed by atoms with Crippen molar-refractivity contribution in [3.8, 4) is 0 Å². The number of aliphatic hydroxyl groups is 1. The molecule has 0 aromatic carbocycles. The molecule has 1 aromatic rings. The number of alkyl halides is 3. The second-order valence-electron chi connectivity index (χ2n) is 8.08. The minimum Gasteiger partial charge on any atom is -0.374 e. The summed E-state index contributed by atoms with van der Waals surface area (Å²) in [5.41, 5.74) is -3.02. The number of rotatable bonds is 8. The normalized spacial score (nSPS) is 22.9. The average Bonchev–Trinajstić information content (AvgIpc) is 3.07. The Bertz CT molecular complexity index is 661. The summed E-state index contributed by atoms with van der Waals surface area (Å²) < 4.78 is 41.9. The smallest absolute Gasteiger partial charge is 0.374 e. The molecule has 3 atom stereocenters. The van der Waals surface area contributed by atoms with Gasteiger partial charge >= 0.3 is 6.18 Å². The molecule has 3 N–H and O–H groups in total. The van der Waals surface area contributed by atoms with Gasteiger partial charge in [0.05, 0.1) is 0 Å². The Kier molecular flexibility index (Phi) is 8.36. The standard InChI is InChI=1S/C20H34F3N5O/c1-4-24-18(26-10-8-16-7-5-6-15(2)14-16)27-11-9-19(29,20(21,22)23)17-25-12-13-28(17)3/h12-13,15-16,29H,4-11,14H2,1-3H3,(H2,24,26,27). The van der Waals surface area contributed by atoms with Crippen molar-refractivity contribution in [1.29, 1.82) is 0 Å². The Hall–Kier alpha value is -1.77. The van der Waals surface area contributed by atoms with E-state index in [-0.39, 0.29) is 6.54 Å². The zero-order valence-electron chi connectivity index (χ0n) is 17.6. The largest absolute Gasteiger partial charge is 0.424 e. The number of guanidine groups is 1. The molecule has 9 heteroatoms. The number of aliphatic imine (C=N–C) groups is 1. The van der Waals surface area contributed by atoms with Crippen molar-refractivity contribution in [2.75, 3.05) is 19.6 Å². The maximum atomic E-state index is 13.6. The van der Waals surface area contributed by atoms with Crippen LogP contribution in [0, 0.1) is 11.8 Å². The zero-order chi connectivity index (χ0) is 21.5. The first-order valence-corrected chi connectivity index (χ1v) is 10.5. The van der Waals surface area contributed by atoms with Gasteiger partial charge in [-0.3, -0.25) is 4.99 Å². The van der Waals surface area contributed by atoms with E-state index in [9.17, 15) is 18.3 Å². The van der Waals surface area contributed by atoms with Crippen molar-refractivity contribution in [3.05, 3.63) is 18.2 Å². The minimum absolute atomic E-state index is 0.0881. The first kappa shape index (κ1) is 23.5. The van der Waals surface area contributed by atoms with Crippen molar-refractivity contribution in [2.45, 2.75) is 64.1 Å². The van der Waals surface area contributed by atoms with Crippen molar-refractivity contribution in [2.24, 2.45) is 23.9 Å². The number of hydrogen-bond acceptors (Lipinski definition) is 3.